The Hall–Kier alpha value is -4.63. The molecule has 1 atom stereocenters. The number of nitrogens with one attached hydrogen (secondary N) is 1. The van der Waals surface area contributed by atoms with Gasteiger partial charge in [-0.2, -0.15) is 0 Å². The number of para-hydroxylation sites is 1. The van der Waals surface area contributed by atoms with E-state index in [0.717, 1.165) is 22.4 Å². The number of thioether (sulfide) groups is 1. The van der Waals surface area contributed by atoms with Crippen LogP contribution in [0.3, 0.4) is 0 Å². The molecule has 1 aliphatic rings. The summed E-state index contributed by atoms with van der Waals surface area (Å²) in [5, 5.41) is 3.69. The third-order valence-electron chi connectivity index (χ3n) is 7.06. The topological polar surface area (TPSA) is 76.6 Å². The molecule has 1 aliphatic heterocycles. The molecular weight excluding hydrogens is 578 g/mol. The smallest absolute Gasteiger partial charge is 0.203 e. The summed E-state index contributed by atoms with van der Waals surface area (Å²) < 4.78 is 39.7. The Morgan fingerprint density at radius 3 is 1.84 bits per heavy atom. The van der Waals surface area contributed by atoms with Crippen molar-refractivity contribution >= 4 is 29.6 Å². The highest BCUT2D eigenvalue weighted by molar-refractivity contribution is 8.00. The van der Waals surface area contributed by atoms with Crippen molar-refractivity contribution in [2.75, 3.05) is 54.1 Å². The largest absolute Gasteiger partial charge is 0.493 e. The Kier molecular flexibility index (Phi) is 10.3. The average molecular weight is 616 g/mol. The maximum Gasteiger partial charge on any atom is 0.203 e. The molecule has 44 heavy (non-hydrogen) atoms. The average Bonchev–Trinajstić information content (AvgIpc) is 3.51. The van der Waals surface area contributed by atoms with E-state index >= 15 is 0 Å². The van der Waals surface area contributed by atoms with Crippen LogP contribution in [0, 0.1) is 0 Å². The quantitative estimate of drug-likeness (QED) is 0.112. The number of ether oxygens (including phenoxy) is 7. The van der Waals surface area contributed by atoms with E-state index in [1.807, 2.05) is 60.7 Å². The molecule has 8 nitrogen and oxygen atoms in total. The zero-order valence-electron chi connectivity index (χ0n) is 25.5. The van der Waals surface area contributed by atoms with Crippen LogP contribution in [0.1, 0.15) is 28.5 Å². The van der Waals surface area contributed by atoms with Crippen molar-refractivity contribution in [1.29, 1.82) is 0 Å². The minimum atomic E-state index is 0.117. The SMILES string of the molecule is COc1ccc(/C=C\c2cc(OC)c(OC)c(OC)c2)cc1OCCCOc1cc(C2Nc3ccccc3S2)ccc1OC. The van der Waals surface area contributed by atoms with Crippen LogP contribution in [-0.4, -0.2) is 48.8 Å². The molecule has 0 radical (unpaired) electrons. The maximum absolute atomic E-state index is 6.15. The van der Waals surface area contributed by atoms with Gasteiger partial charge in [0.15, 0.2) is 34.5 Å². The van der Waals surface area contributed by atoms with Crippen molar-refractivity contribution < 1.29 is 33.2 Å². The lowest BCUT2D eigenvalue weighted by molar-refractivity contribution is 0.234. The Balaban J connectivity index is 1.19. The summed E-state index contributed by atoms with van der Waals surface area (Å²) in [6.07, 6.45) is 4.64. The minimum absolute atomic E-state index is 0.117. The van der Waals surface area contributed by atoms with Gasteiger partial charge in [-0.3, -0.25) is 0 Å². The molecule has 5 rings (SSSR count). The van der Waals surface area contributed by atoms with Crippen molar-refractivity contribution in [2.45, 2.75) is 16.7 Å². The Labute approximate surface area is 262 Å². The summed E-state index contributed by atoms with van der Waals surface area (Å²) in [7, 11) is 8.07. The minimum Gasteiger partial charge on any atom is -0.493 e. The second-order valence-corrected chi connectivity index (χ2v) is 10.9. The lowest BCUT2D eigenvalue weighted by atomic mass is 10.1. The van der Waals surface area contributed by atoms with Crippen LogP contribution in [0.5, 0.6) is 40.2 Å². The first-order chi connectivity index (χ1) is 21.6. The lowest BCUT2D eigenvalue weighted by Gasteiger charge is -2.16. The molecule has 9 heteroatoms. The van der Waals surface area contributed by atoms with Crippen LogP contribution in [0.15, 0.2) is 77.7 Å². The standard InChI is InChI=1S/C35H37NO7S/c1-37-27-15-13-23(11-12-24-20-31(39-3)34(41-5)32(21-24)40-4)19-29(27)42-17-8-18-43-30-22-25(14-16-28(30)38-2)35-36-26-9-6-7-10-33(26)44-35/h6-7,9-16,19-22,35-36H,8,17-18H2,1-5H3/b12-11-. The summed E-state index contributed by atoms with van der Waals surface area (Å²) in [6, 6.07) is 24.0. The lowest BCUT2D eigenvalue weighted by Crippen LogP contribution is -2.07. The van der Waals surface area contributed by atoms with Gasteiger partial charge >= 0.3 is 0 Å². The van der Waals surface area contributed by atoms with Gasteiger partial charge in [-0.05, 0) is 65.2 Å². The van der Waals surface area contributed by atoms with E-state index in [-0.39, 0.29) is 5.37 Å². The van der Waals surface area contributed by atoms with Crippen molar-refractivity contribution in [3.63, 3.8) is 0 Å². The Morgan fingerprint density at radius 1 is 0.614 bits per heavy atom. The molecule has 0 saturated heterocycles. The molecule has 0 bridgehead atoms. The number of benzene rings is 4. The molecule has 230 valence electrons. The zero-order valence-corrected chi connectivity index (χ0v) is 26.4. The summed E-state index contributed by atoms with van der Waals surface area (Å²) in [6.45, 7) is 0.919. The normalized spacial score (nSPS) is 13.6. The van der Waals surface area contributed by atoms with Crippen molar-refractivity contribution in [3.8, 4) is 40.2 Å². The predicted octanol–water partition coefficient (Wildman–Crippen LogP) is 7.96. The van der Waals surface area contributed by atoms with Gasteiger partial charge in [0.1, 0.15) is 5.37 Å². The van der Waals surface area contributed by atoms with Crippen LogP contribution >= 0.6 is 11.8 Å². The number of rotatable bonds is 14. The first-order valence-corrected chi connectivity index (χ1v) is 15.1. The Morgan fingerprint density at radius 2 is 1.20 bits per heavy atom. The molecule has 0 fully saturated rings. The van der Waals surface area contributed by atoms with Gasteiger partial charge in [0.25, 0.3) is 0 Å². The molecule has 0 saturated carbocycles. The van der Waals surface area contributed by atoms with E-state index in [1.54, 1.807) is 47.3 Å². The van der Waals surface area contributed by atoms with E-state index in [2.05, 4.69) is 29.6 Å². The molecule has 4 aromatic rings. The third-order valence-corrected chi connectivity index (χ3v) is 8.29. The molecule has 0 spiro atoms. The molecule has 0 amide bonds. The number of anilines is 1. The van der Waals surface area contributed by atoms with Gasteiger partial charge in [-0.1, -0.05) is 48.2 Å². The van der Waals surface area contributed by atoms with Crippen molar-refractivity contribution in [3.05, 3.63) is 89.5 Å². The van der Waals surface area contributed by atoms with E-state index < -0.39 is 0 Å². The van der Waals surface area contributed by atoms with Gasteiger partial charge < -0.3 is 38.5 Å². The fourth-order valence-electron chi connectivity index (χ4n) is 4.83. The zero-order chi connectivity index (χ0) is 30.9. The van der Waals surface area contributed by atoms with Crippen LogP contribution in [-0.2, 0) is 0 Å². The highest BCUT2D eigenvalue weighted by Gasteiger charge is 2.23. The molecule has 1 N–H and O–H groups in total. The fourth-order valence-corrected chi connectivity index (χ4v) is 5.96. The van der Waals surface area contributed by atoms with Crippen LogP contribution in [0.2, 0.25) is 0 Å². The van der Waals surface area contributed by atoms with Gasteiger partial charge in [-0.15, -0.1) is 0 Å². The molecule has 0 aliphatic carbocycles. The second-order valence-electron chi connectivity index (χ2n) is 9.80. The molecule has 4 aromatic carbocycles. The van der Waals surface area contributed by atoms with Gasteiger partial charge in [0.2, 0.25) is 5.75 Å². The fraction of sp³-hybridized carbons (Fsp3) is 0.257. The first-order valence-electron chi connectivity index (χ1n) is 14.2. The van der Waals surface area contributed by atoms with Crippen molar-refractivity contribution in [1.82, 2.24) is 0 Å². The monoisotopic (exact) mass is 615 g/mol. The molecule has 1 unspecified atom stereocenters. The Bertz CT molecular complexity index is 1560. The molecule has 1 heterocycles. The highest BCUT2D eigenvalue weighted by atomic mass is 32.2. The second kappa shape index (κ2) is 14.7. The summed E-state index contributed by atoms with van der Waals surface area (Å²) in [5.74, 6) is 4.46. The third kappa shape index (κ3) is 7.11. The summed E-state index contributed by atoms with van der Waals surface area (Å²) in [4.78, 5) is 1.24. The maximum atomic E-state index is 6.15. The van der Waals surface area contributed by atoms with Crippen LogP contribution in [0.25, 0.3) is 12.2 Å². The van der Waals surface area contributed by atoms with Crippen LogP contribution < -0.4 is 38.5 Å². The van der Waals surface area contributed by atoms with Crippen LogP contribution in [0.4, 0.5) is 5.69 Å². The molecule has 0 aromatic heterocycles. The van der Waals surface area contributed by atoms with E-state index in [9.17, 15) is 0 Å². The van der Waals surface area contributed by atoms with Crippen molar-refractivity contribution in [2.24, 2.45) is 0 Å². The predicted molar refractivity (Wildman–Crippen MR) is 175 cm³/mol. The summed E-state index contributed by atoms with van der Waals surface area (Å²) >= 11 is 1.79. The summed E-state index contributed by atoms with van der Waals surface area (Å²) in [5.41, 5.74) is 4.13. The van der Waals surface area contributed by atoms with E-state index in [4.69, 9.17) is 33.2 Å². The van der Waals surface area contributed by atoms with E-state index in [0.29, 0.717) is 59.9 Å². The first kappa shape index (κ1) is 30.8. The highest BCUT2D eigenvalue weighted by Crippen LogP contribution is 2.47. The number of hydrogen-bond acceptors (Lipinski definition) is 9. The van der Waals surface area contributed by atoms with Gasteiger partial charge in [0, 0.05) is 17.0 Å². The number of hydrogen-bond donors (Lipinski definition) is 1. The number of fused-ring (bicyclic) bond motifs is 1. The van der Waals surface area contributed by atoms with E-state index in [1.165, 1.54) is 4.90 Å². The van der Waals surface area contributed by atoms with Gasteiger partial charge in [-0.25, -0.2) is 0 Å². The number of methoxy groups -OCH3 is 5. The van der Waals surface area contributed by atoms with Gasteiger partial charge in [0.05, 0.1) is 48.8 Å². The molecular formula is C35H37NO7S.